The minimum atomic E-state index is -2.68. The monoisotopic (exact) mass is 331 g/mol. The maximum Gasteiger partial charge on any atom is 0.501 e. The van der Waals surface area contributed by atoms with Gasteiger partial charge in [-0.3, -0.25) is 4.79 Å². The maximum absolute atomic E-state index is 11.2. The molecule has 22 heavy (non-hydrogen) atoms. The average Bonchev–Trinajstić information content (AvgIpc) is 2.54. The van der Waals surface area contributed by atoms with Crippen LogP contribution in [0.2, 0.25) is 6.04 Å². The first-order chi connectivity index (χ1) is 10.5. The Kier molecular flexibility index (Phi) is 12.4. The second kappa shape index (κ2) is 12.8. The number of rotatable bonds is 14. The van der Waals surface area contributed by atoms with E-state index in [1.165, 1.54) is 6.08 Å². The second-order valence-electron chi connectivity index (χ2n) is 5.32. The van der Waals surface area contributed by atoms with Crippen molar-refractivity contribution in [1.82, 2.24) is 5.32 Å². The quantitative estimate of drug-likeness (QED) is 0.301. The fourth-order valence-corrected chi connectivity index (χ4v) is 4.85. The summed E-state index contributed by atoms with van der Waals surface area (Å²) in [5, 5.41) is 2.78. The molecule has 0 spiro atoms. The van der Waals surface area contributed by atoms with Gasteiger partial charge < -0.3 is 18.6 Å². The molecule has 1 atom stereocenters. The molecule has 0 aromatic heterocycles. The lowest BCUT2D eigenvalue weighted by molar-refractivity contribution is -0.116. The van der Waals surface area contributed by atoms with Crippen molar-refractivity contribution in [2.45, 2.75) is 65.5 Å². The first-order valence-electron chi connectivity index (χ1n) is 8.39. The Hall–Kier alpha value is -0.693. The molecule has 0 aromatic carbocycles. The van der Waals surface area contributed by atoms with Crippen LogP contribution in [0.1, 0.15) is 53.4 Å². The van der Waals surface area contributed by atoms with E-state index in [0.29, 0.717) is 19.8 Å². The zero-order valence-electron chi connectivity index (χ0n) is 14.7. The smallest absolute Gasteiger partial charge is 0.373 e. The van der Waals surface area contributed by atoms with Crippen molar-refractivity contribution >= 4 is 14.7 Å². The number of carbonyl (C=O) groups excluding carboxylic acids is 1. The van der Waals surface area contributed by atoms with Gasteiger partial charge in [0.05, 0.1) is 0 Å². The zero-order valence-corrected chi connectivity index (χ0v) is 15.7. The van der Waals surface area contributed by atoms with Gasteiger partial charge in [0, 0.05) is 31.9 Å². The summed E-state index contributed by atoms with van der Waals surface area (Å²) >= 11 is 0. The molecule has 1 amide bonds. The highest BCUT2D eigenvalue weighted by Gasteiger charge is 2.41. The minimum Gasteiger partial charge on any atom is -0.373 e. The van der Waals surface area contributed by atoms with E-state index in [9.17, 15) is 4.79 Å². The average molecular weight is 332 g/mol. The third-order valence-corrected chi connectivity index (χ3v) is 6.17. The van der Waals surface area contributed by atoms with E-state index in [4.69, 9.17) is 13.3 Å². The Morgan fingerprint density at radius 2 is 1.82 bits per heavy atom. The summed E-state index contributed by atoms with van der Waals surface area (Å²) in [4.78, 5) is 11.2. The van der Waals surface area contributed by atoms with Crippen molar-refractivity contribution in [3.8, 4) is 0 Å². The molecule has 130 valence electrons. The van der Waals surface area contributed by atoms with E-state index >= 15 is 0 Å². The molecule has 0 fully saturated rings. The Morgan fingerprint density at radius 1 is 1.23 bits per heavy atom. The van der Waals surface area contributed by atoms with Gasteiger partial charge in [-0.2, -0.15) is 0 Å². The van der Waals surface area contributed by atoms with E-state index in [0.717, 1.165) is 31.7 Å². The lowest BCUT2D eigenvalue weighted by Crippen LogP contribution is -2.48. The van der Waals surface area contributed by atoms with Crippen LogP contribution >= 0.6 is 0 Å². The number of hydrogen-bond acceptors (Lipinski definition) is 4. The van der Waals surface area contributed by atoms with Gasteiger partial charge in [0.15, 0.2) is 0 Å². The standard InChI is InChI=1S/C16H33NO4Si/c1-6-12-19-22(20-13-7-2,21-15(5)8-3)14-10-11-17-16(18)9-4/h9,15H,4,6-8,10-14H2,1-3,5H3,(H,17,18). The van der Waals surface area contributed by atoms with E-state index in [-0.39, 0.29) is 12.0 Å². The summed E-state index contributed by atoms with van der Waals surface area (Å²) in [6.45, 7) is 13.6. The molecule has 0 aromatic rings. The fourth-order valence-electron chi connectivity index (χ4n) is 1.81. The molecular weight excluding hydrogens is 298 g/mol. The molecule has 0 aliphatic heterocycles. The normalized spacial score (nSPS) is 12.9. The van der Waals surface area contributed by atoms with Crippen LogP contribution < -0.4 is 5.32 Å². The molecular formula is C16H33NO4Si. The van der Waals surface area contributed by atoms with Gasteiger partial charge in [-0.05, 0) is 38.7 Å². The number of carbonyl (C=O) groups is 1. The summed E-state index contributed by atoms with van der Waals surface area (Å²) in [5.74, 6) is -0.154. The largest absolute Gasteiger partial charge is 0.501 e. The SMILES string of the molecule is C=CC(=O)NCCC[Si](OCCC)(OCCC)OC(C)CC. The first kappa shape index (κ1) is 21.3. The van der Waals surface area contributed by atoms with Crippen LogP contribution in [0.5, 0.6) is 0 Å². The minimum absolute atomic E-state index is 0.114. The lowest BCUT2D eigenvalue weighted by Gasteiger charge is -2.32. The Bertz CT molecular complexity index is 305. The van der Waals surface area contributed by atoms with Crippen molar-refractivity contribution in [2.24, 2.45) is 0 Å². The highest BCUT2D eigenvalue weighted by Crippen LogP contribution is 2.21. The molecule has 6 heteroatoms. The van der Waals surface area contributed by atoms with Crippen LogP contribution in [0.25, 0.3) is 0 Å². The highest BCUT2D eigenvalue weighted by molar-refractivity contribution is 6.60. The fraction of sp³-hybridized carbons (Fsp3) is 0.812. The number of nitrogens with one attached hydrogen (secondary N) is 1. The van der Waals surface area contributed by atoms with Crippen LogP contribution in [-0.2, 0) is 18.1 Å². The molecule has 0 rings (SSSR count). The molecule has 0 radical (unpaired) electrons. The van der Waals surface area contributed by atoms with Crippen molar-refractivity contribution in [3.63, 3.8) is 0 Å². The molecule has 0 heterocycles. The topological polar surface area (TPSA) is 56.8 Å². The van der Waals surface area contributed by atoms with Crippen molar-refractivity contribution < 1.29 is 18.1 Å². The van der Waals surface area contributed by atoms with Crippen LogP contribution in [-0.4, -0.2) is 40.6 Å². The summed E-state index contributed by atoms with van der Waals surface area (Å²) in [5.41, 5.74) is 0. The zero-order chi connectivity index (χ0) is 16.8. The van der Waals surface area contributed by atoms with Crippen molar-refractivity contribution in [2.75, 3.05) is 19.8 Å². The third-order valence-electron chi connectivity index (χ3n) is 3.15. The number of amides is 1. The van der Waals surface area contributed by atoms with Gasteiger partial charge in [-0.25, -0.2) is 0 Å². The van der Waals surface area contributed by atoms with Gasteiger partial charge in [0.25, 0.3) is 0 Å². The van der Waals surface area contributed by atoms with Gasteiger partial charge >= 0.3 is 8.80 Å². The molecule has 0 saturated heterocycles. The molecule has 1 unspecified atom stereocenters. The van der Waals surface area contributed by atoms with Crippen LogP contribution in [0.4, 0.5) is 0 Å². The van der Waals surface area contributed by atoms with Crippen LogP contribution in [0, 0.1) is 0 Å². The predicted molar refractivity (Wildman–Crippen MR) is 91.7 cm³/mol. The Balaban J connectivity index is 4.66. The van der Waals surface area contributed by atoms with E-state index in [1.54, 1.807) is 0 Å². The maximum atomic E-state index is 11.2. The Labute approximate surface area is 136 Å². The molecule has 0 aliphatic carbocycles. The van der Waals surface area contributed by atoms with Gasteiger partial charge in [-0.1, -0.05) is 27.4 Å². The molecule has 0 bridgehead atoms. The highest BCUT2D eigenvalue weighted by atomic mass is 28.4. The summed E-state index contributed by atoms with van der Waals surface area (Å²) in [7, 11) is -2.68. The molecule has 0 aliphatic rings. The Morgan fingerprint density at radius 3 is 2.27 bits per heavy atom. The summed E-state index contributed by atoms with van der Waals surface area (Å²) in [6.07, 6.45) is 4.95. The summed E-state index contributed by atoms with van der Waals surface area (Å²) < 4.78 is 18.3. The van der Waals surface area contributed by atoms with E-state index in [1.807, 2.05) is 6.92 Å². The predicted octanol–water partition coefficient (Wildman–Crippen LogP) is 3.29. The first-order valence-corrected chi connectivity index (χ1v) is 10.3. The second-order valence-corrected chi connectivity index (χ2v) is 7.99. The third kappa shape index (κ3) is 9.35. The van der Waals surface area contributed by atoms with E-state index in [2.05, 4.69) is 32.7 Å². The van der Waals surface area contributed by atoms with E-state index < -0.39 is 8.80 Å². The lowest BCUT2D eigenvalue weighted by atomic mass is 10.3. The van der Waals surface area contributed by atoms with Gasteiger partial charge in [-0.15, -0.1) is 0 Å². The summed E-state index contributed by atoms with van der Waals surface area (Å²) in [6, 6.07) is 0.717. The molecule has 1 N–H and O–H groups in total. The van der Waals surface area contributed by atoms with Crippen molar-refractivity contribution in [3.05, 3.63) is 12.7 Å². The van der Waals surface area contributed by atoms with Gasteiger partial charge in [0.1, 0.15) is 0 Å². The van der Waals surface area contributed by atoms with Crippen molar-refractivity contribution in [1.29, 1.82) is 0 Å². The molecule has 0 saturated carbocycles. The van der Waals surface area contributed by atoms with Crippen LogP contribution in [0.15, 0.2) is 12.7 Å². The van der Waals surface area contributed by atoms with Gasteiger partial charge in [0.2, 0.25) is 5.91 Å². The number of hydrogen-bond donors (Lipinski definition) is 1. The van der Waals surface area contributed by atoms with Crippen LogP contribution in [0.3, 0.4) is 0 Å². The molecule has 5 nitrogen and oxygen atoms in total.